The highest BCUT2D eigenvalue weighted by molar-refractivity contribution is 7.10. The SMILES string of the molecule is Cc1ccsc1CN(Cc1ccc(F)cc1)C(=O)CN(CCN1CCCC1)C(=O)Nc1ccc(F)c(Cl)c1. The first-order valence-corrected chi connectivity index (χ1v) is 13.8. The summed E-state index contributed by atoms with van der Waals surface area (Å²) in [7, 11) is 0. The maximum atomic E-state index is 13.7. The Kier molecular flexibility index (Phi) is 9.71. The molecule has 0 unspecified atom stereocenters. The summed E-state index contributed by atoms with van der Waals surface area (Å²) in [4.78, 5) is 33.4. The van der Waals surface area contributed by atoms with E-state index in [0.29, 0.717) is 25.3 Å². The molecule has 0 saturated carbocycles. The summed E-state index contributed by atoms with van der Waals surface area (Å²) in [5.41, 5.74) is 2.23. The highest BCUT2D eigenvalue weighted by Gasteiger charge is 2.24. The molecule has 2 aromatic carbocycles. The monoisotopic (exact) mass is 560 g/mol. The fourth-order valence-corrected chi connectivity index (χ4v) is 5.44. The molecule has 202 valence electrons. The van der Waals surface area contributed by atoms with Gasteiger partial charge >= 0.3 is 6.03 Å². The van der Waals surface area contributed by atoms with Crippen LogP contribution in [-0.2, 0) is 17.9 Å². The first kappa shape index (κ1) is 28.0. The lowest BCUT2D eigenvalue weighted by Gasteiger charge is -2.29. The fraction of sp³-hybridized carbons (Fsp3) is 0.357. The van der Waals surface area contributed by atoms with Gasteiger partial charge in [0.1, 0.15) is 18.2 Å². The number of hydrogen-bond acceptors (Lipinski definition) is 4. The molecule has 0 bridgehead atoms. The molecule has 0 radical (unpaired) electrons. The standard InChI is InChI=1S/C28H31ClF2N4O2S/c1-20-10-15-38-26(20)18-35(17-21-4-6-22(30)7-5-21)27(36)19-34(14-13-33-11-2-3-12-33)28(37)32-23-8-9-25(31)24(29)16-23/h4-10,15-16H,2-3,11-14,17-19H2,1H3,(H,32,37). The van der Waals surface area contributed by atoms with E-state index in [4.69, 9.17) is 11.6 Å². The molecular formula is C28H31ClF2N4O2S. The van der Waals surface area contributed by atoms with Crippen LogP contribution in [0.2, 0.25) is 5.02 Å². The Morgan fingerprint density at radius 1 is 1.03 bits per heavy atom. The second kappa shape index (κ2) is 13.2. The number of thiophene rings is 1. The van der Waals surface area contributed by atoms with Crippen LogP contribution in [0.3, 0.4) is 0 Å². The van der Waals surface area contributed by atoms with E-state index in [9.17, 15) is 18.4 Å². The molecule has 1 saturated heterocycles. The summed E-state index contributed by atoms with van der Waals surface area (Å²) in [6.45, 7) is 5.45. The molecule has 1 N–H and O–H groups in total. The molecule has 1 fully saturated rings. The number of carbonyl (C=O) groups excluding carboxylic acids is 2. The normalized spacial score (nSPS) is 13.5. The van der Waals surface area contributed by atoms with E-state index in [1.165, 1.54) is 35.2 Å². The minimum absolute atomic E-state index is 0.0979. The first-order valence-electron chi connectivity index (χ1n) is 12.6. The van der Waals surface area contributed by atoms with Gasteiger partial charge in [-0.2, -0.15) is 0 Å². The van der Waals surface area contributed by atoms with Gasteiger partial charge < -0.3 is 20.0 Å². The number of nitrogens with zero attached hydrogens (tertiary/aromatic N) is 3. The molecule has 0 aliphatic carbocycles. The highest BCUT2D eigenvalue weighted by Crippen LogP contribution is 2.21. The third kappa shape index (κ3) is 7.75. The van der Waals surface area contributed by atoms with Gasteiger partial charge in [0.25, 0.3) is 0 Å². The zero-order valence-electron chi connectivity index (χ0n) is 21.3. The van der Waals surface area contributed by atoms with Crippen LogP contribution in [0.15, 0.2) is 53.9 Å². The van der Waals surface area contributed by atoms with Crippen molar-refractivity contribution in [2.24, 2.45) is 0 Å². The third-order valence-corrected chi connectivity index (χ3v) is 7.91. The van der Waals surface area contributed by atoms with E-state index in [1.54, 1.807) is 28.4 Å². The molecule has 38 heavy (non-hydrogen) atoms. The number of aryl methyl sites for hydroxylation is 1. The van der Waals surface area contributed by atoms with Crippen molar-refractivity contribution in [2.75, 3.05) is 38.0 Å². The minimum atomic E-state index is -0.578. The van der Waals surface area contributed by atoms with Crippen LogP contribution in [0, 0.1) is 18.6 Å². The van der Waals surface area contributed by atoms with Gasteiger partial charge in [0.2, 0.25) is 5.91 Å². The van der Waals surface area contributed by atoms with Gasteiger partial charge in [0.05, 0.1) is 11.6 Å². The molecule has 0 spiro atoms. The van der Waals surface area contributed by atoms with Crippen LogP contribution in [0.5, 0.6) is 0 Å². The Hall–Kier alpha value is -3.01. The number of amides is 3. The molecule has 4 rings (SSSR count). The van der Waals surface area contributed by atoms with Crippen LogP contribution in [0.1, 0.15) is 28.8 Å². The van der Waals surface area contributed by atoms with E-state index in [0.717, 1.165) is 41.9 Å². The predicted molar refractivity (Wildman–Crippen MR) is 147 cm³/mol. The number of likely N-dealkylation sites (tertiary alicyclic amines) is 1. The van der Waals surface area contributed by atoms with Crippen molar-refractivity contribution in [1.82, 2.24) is 14.7 Å². The van der Waals surface area contributed by atoms with E-state index in [-0.39, 0.29) is 29.8 Å². The summed E-state index contributed by atoms with van der Waals surface area (Å²) in [5, 5.41) is 4.63. The summed E-state index contributed by atoms with van der Waals surface area (Å²) in [6.07, 6.45) is 2.23. The van der Waals surface area contributed by atoms with E-state index >= 15 is 0 Å². The predicted octanol–water partition coefficient (Wildman–Crippen LogP) is 6.15. The molecule has 6 nitrogen and oxygen atoms in total. The molecule has 3 aromatic rings. The summed E-state index contributed by atoms with van der Waals surface area (Å²) in [5.74, 6) is -1.15. The molecule has 0 atom stereocenters. The molecule has 1 aliphatic rings. The number of hydrogen-bond donors (Lipinski definition) is 1. The van der Waals surface area contributed by atoms with E-state index in [1.807, 2.05) is 18.4 Å². The number of benzene rings is 2. The van der Waals surface area contributed by atoms with Crippen LogP contribution in [0.25, 0.3) is 0 Å². The number of urea groups is 1. The molecule has 10 heteroatoms. The summed E-state index contributed by atoms with van der Waals surface area (Å²) in [6, 6.07) is 11.6. The number of anilines is 1. The number of rotatable bonds is 10. The lowest BCUT2D eigenvalue weighted by molar-refractivity contribution is -0.133. The topological polar surface area (TPSA) is 55.9 Å². The van der Waals surface area contributed by atoms with Crippen LogP contribution >= 0.6 is 22.9 Å². The first-order chi connectivity index (χ1) is 18.3. The quantitative estimate of drug-likeness (QED) is 0.324. The van der Waals surface area contributed by atoms with Crippen LogP contribution in [-0.4, -0.2) is 59.4 Å². The van der Waals surface area contributed by atoms with Crippen molar-refractivity contribution < 1.29 is 18.4 Å². The smallest absolute Gasteiger partial charge is 0.322 e. The molecular weight excluding hydrogens is 530 g/mol. The zero-order chi connectivity index (χ0) is 27.1. The van der Waals surface area contributed by atoms with Gasteiger partial charge in [-0.15, -0.1) is 11.3 Å². The van der Waals surface area contributed by atoms with Crippen molar-refractivity contribution in [1.29, 1.82) is 0 Å². The van der Waals surface area contributed by atoms with Crippen molar-refractivity contribution >= 4 is 40.6 Å². The second-order valence-corrected chi connectivity index (χ2v) is 10.8. The van der Waals surface area contributed by atoms with Crippen molar-refractivity contribution in [3.05, 3.63) is 86.6 Å². The third-order valence-electron chi connectivity index (χ3n) is 6.61. The second-order valence-electron chi connectivity index (χ2n) is 9.43. The number of carbonyl (C=O) groups is 2. The Morgan fingerprint density at radius 3 is 2.42 bits per heavy atom. The Labute approximate surface area is 230 Å². The van der Waals surface area contributed by atoms with Crippen molar-refractivity contribution in [2.45, 2.75) is 32.9 Å². The maximum Gasteiger partial charge on any atom is 0.322 e. The number of halogens is 3. The van der Waals surface area contributed by atoms with Gasteiger partial charge in [0, 0.05) is 30.2 Å². The van der Waals surface area contributed by atoms with Gasteiger partial charge in [-0.1, -0.05) is 23.7 Å². The summed E-state index contributed by atoms with van der Waals surface area (Å²) < 4.78 is 27.1. The van der Waals surface area contributed by atoms with Gasteiger partial charge in [-0.25, -0.2) is 13.6 Å². The Bertz CT molecular complexity index is 1250. The molecule has 1 aliphatic heterocycles. The average Bonchev–Trinajstić information content (AvgIpc) is 3.56. The fourth-order valence-electron chi connectivity index (χ4n) is 4.34. The molecule has 1 aromatic heterocycles. The Balaban J connectivity index is 1.51. The number of nitrogens with one attached hydrogen (secondary N) is 1. The summed E-state index contributed by atoms with van der Waals surface area (Å²) >= 11 is 7.46. The lowest BCUT2D eigenvalue weighted by atomic mass is 10.2. The van der Waals surface area contributed by atoms with Crippen molar-refractivity contribution in [3.8, 4) is 0 Å². The molecule has 3 amide bonds. The highest BCUT2D eigenvalue weighted by atomic mass is 35.5. The Morgan fingerprint density at radius 2 is 1.76 bits per heavy atom. The van der Waals surface area contributed by atoms with E-state index < -0.39 is 11.8 Å². The van der Waals surface area contributed by atoms with Crippen LogP contribution < -0.4 is 5.32 Å². The molecule has 2 heterocycles. The largest absolute Gasteiger partial charge is 0.332 e. The lowest BCUT2D eigenvalue weighted by Crippen LogP contribution is -2.46. The van der Waals surface area contributed by atoms with E-state index in [2.05, 4.69) is 10.2 Å². The van der Waals surface area contributed by atoms with Crippen molar-refractivity contribution in [3.63, 3.8) is 0 Å². The average molecular weight is 561 g/mol. The van der Waals surface area contributed by atoms with Gasteiger partial charge in [-0.3, -0.25) is 4.79 Å². The van der Waals surface area contributed by atoms with Gasteiger partial charge in [-0.05, 0) is 85.8 Å². The minimum Gasteiger partial charge on any atom is -0.332 e. The van der Waals surface area contributed by atoms with Gasteiger partial charge in [0.15, 0.2) is 0 Å². The zero-order valence-corrected chi connectivity index (χ0v) is 22.8. The van der Waals surface area contributed by atoms with Crippen LogP contribution in [0.4, 0.5) is 19.3 Å². The maximum absolute atomic E-state index is 13.7.